The first-order valence-electron chi connectivity index (χ1n) is 13.4. The summed E-state index contributed by atoms with van der Waals surface area (Å²) in [5.41, 5.74) is 2.65. The van der Waals surface area contributed by atoms with Gasteiger partial charge in [-0.05, 0) is 91.4 Å². The van der Waals surface area contributed by atoms with E-state index in [1.54, 1.807) is 6.92 Å². The lowest BCUT2D eigenvalue weighted by Crippen LogP contribution is -2.35. The van der Waals surface area contributed by atoms with Crippen molar-refractivity contribution in [3.8, 4) is 23.0 Å². The van der Waals surface area contributed by atoms with Gasteiger partial charge in [-0.1, -0.05) is 36.2 Å². The SMILES string of the molecule is CC1=C(c2cc(O)ccc2CS(=O)[O-])C(c2ccc(OC[C@H](C)N3CC[C@@H](C)C3)cc2)Oc2ccc(O)c(F)c21. The molecule has 1 fully saturated rings. The zero-order valence-electron chi connectivity index (χ0n) is 22.7. The Morgan fingerprint density at radius 1 is 1.18 bits per heavy atom. The van der Waals surface area contributed by atoms with Crippen molar-refractivity contribution >= 4 is 22.2 Å². The summed E-state index contributed by atoms with van der Waals surface area (Å²) in [4.78, 5) is 2.44. The van der Waals surface area contributed by atoms with Gasteiger partial charge in [0, 0.05) is 23.9 Å². The molecule has 2 aliphatic rings. The Hall–Kier alpha value is -3.40. The first-order valence-corrected chi connectivity index (χ1v) is 14.6. The number of hydrogen-bond donors (Lipinski definition) is 2. The highest BCUT2D eigenvalue weighted by Crippen LogP contribution is 2.49. The standard InChI is InChI=1S/C31H34FNO6S/c1-18-12-13-33(15-18)19(2)16-38-24-8-5-21(6-9-24)31-28(25-14-23(34)7-4-22(25)17-40(36)37)20(3)29-27(39-31)11-10-26(35)30(29)32/h4-11,14,18-19,31,34-35H,12-13,15-17H2,1-3H3,(H,36,37)/p-1/t18-,19+,31?/m1/s1. The lowest BCUT2D eigenvalue weighted by atomic mass is 9.84. The molecular formula is C31H33FNO6S-. The summed E-state index contributed by atoms with van der Waals surface area (Å²) in [7, 11) is 0. The fourth-order valence-corrected chi connectivity index (χ4v) is 6.09. The molecule has 0 amide bonds. The van der Waals surface area contributed by atoms with Gasteiger partial charge in [-0.25, -0.2) is 4.39 Å². The van der Waals surface area contributed by atoms with Crippen molar-refractivity contribution in [3.05, 3.63) is 82.7 Å². The number of hydrogen-bond acceptors (Lipinski definition) is 7. The van der Waals surface area contributed by atoms with Crippen LogP contribution in [-0.4, -0.2) is 49.6 Å². The van der Waals surface area contributed by atoms with E-state index in [0.717, 1.165) is 18.7 Å². The highest BCUT2D eigenvalue weighted by Gasteiger charge is 2.33. The van der Waals surface area contributed by atoms with Crippen LogP contribution in [0.15, 0.2) is 54.6 Å². The monoisotopic (exact) mass is 566 g/mol. The number of nitrogens with zero attached hydrogens (tertiary/aromatic N) is 1. The van der Waals surface area contributed by atoms with Crippen molar-refractivity contribution in [2.45, 2.75) is 45.1 Å². The topological polar surface area (TPSA) is 102 Å². The minimum Gasteiger partial charge on any atom is -0.772 e. The van der Waals surface area contributed by atoms with Gasteiger partial charge in [-0.2, -0.15) is 0 Å². The van der Waals surface area contributed by atoms with Crippen molar-refractivity contribution in [1.82, 2.24) is 4.90 Å². The van der Waals surface area contributed by atoms with E-state index in [-0.39, 0.29) is 22.8 Å². The number of fused-ring (bicyclic) bond motifs is 1. The molecule has 0 aliphatic carbocycles. The molecule has 2 N–H and O–H groups in total. The molecule has 1 saturated heterocycles. The maximum Gasteiger partial charge on any atom is 0.176 e. The quantitative estimate of drug-likeness (QED) is 0.333. The molecule has 5 rings (SSSR count). The molecule has 2 aliphatic heterocycles. The van der Waals surface area contributed by atoms with Crippen LogP contribution in [-0.2, 0) is 16.8 Å². The molecule has 0 radical (unpaired) electrons. The number of ether oxygens (including phenoxy) is 2. The average Bonchev–Trinajstić information content (AvgIpc) is 3.36. The molecule has 7 nitrogen and oxygen atoms in total. The maximum absolute atomic E-state index is 15.1. The van der Waals surface area contributed by atoms with E-state index < -0.39 is 28.8 Å². The average molecular weight is 567 g/mol. The van der Waals surface area contributed by atoms with Crippen LogP contribution in [0, 0.1) is 11.7 Å². The number of rotatable bonds is 8. The van der Waals surface area contributed by atoms with Crippen LogP contribution in [0.1, 0.15) is 55.5 Å². The van der Waals surface area contributed by atoms with E-state index in [1.165, 1.54) is 36.8 Å². The molecule has 212 valence electrons. The van der Waals surface area contributed by atoms with Crippen molar-refractivity contribution in [1.29, 1.82) is 0 Å². The smallest absolute Gasteiger partial charge is 0.176 e. The van der Waals surface area contributed by atoms with Gasteiger partial charge in [0.25, 0.3) is 0 Å². The van der Waals surface area contributed by atoms with Gasteiger partial charge in [0.15, 0.2) is 11.6 Å². The highest BCUT2D eigenvalue weighted by atomic mass is 32.2. The normalized spacial score (nSPS) is 20.6. The van der Waals surface area contributed by atoms with Crippen molar-refractivity contribution < 1.29 is 32.8 Å². The number of allylic oxidation sites excluding steroid dienone is 1. The fourth-order valence-electron chi connectivity index (χ4n) is 5.59. The number of aromatic hydroxyl groups is 2. The van der Waals surface area contributed by atoms with Gasteiger partial charge in [-0.3, -0.25) is 9.11 Å². The second-order valence-electron chi connectivity index (χ2n) is 10.7. The molecule has 2 heterocycles. The van der Waals surface area contributed by atoms with E-state index in [0.29, 0.717) is 46.6 Å². The third-order valence-electron chi connectivity index (χ3n) is 7.78. The minimum atomic E-state index is -2.40. The maximum atomic E-state index is 15.1. The first kappa shape index (κ1) is 28.1. The molecule has 2 unspecified atom stereocenters. The number of benzene rings is 3. The van der Waals surface area contributed by atoms with Gasteiger partial charge < -0.3 is 24.2 Å². The molecule has 3 aromatic carbocycles. The molecule has 0 aromatic heterocycles. The molecule has 40 heavy (non-hydrogen) atoms. The predicted molar refractivity (Wildman–Crippen MR) is 151 cm³/mol. The van der Waals surface area contributed by atoms with Gasteiger partial charge in [0.1, 0.15) is 30.0 Å². The molecule has 9 heteroatoms. The van der Waals surface area contributed by atoms with Crippen molar-refractivity contribution in [2.24, 2.45) is 5.92 Å². The van der Waals surface area contributed by atoms with Gasteiger partial charge in [0.05, 0.1) is 5.56 Å². The zero-order chi connectivity index (χ0) is 28.6. The summed E-state index contributed by atoms with van der Waals surface area (Å²) in [6.07, 6.45) is 0.463. The van der Waals surface area contributed by atoms with E-state index in [9.17, 15) is 19.0 Å². The summed E-state index contributed by atoms with van der Waals surface area (Å²) in [6, 6.07) is 14.9. The third-order valence-corrected chi connectivity index (χ3v) is 8.33. The lowest BCUT2D eigenvalue weighted by molar-refractivity contribution is 0.169. The first-order chi connectivity index (χ1) is 19.1. The summed E-state index contributed by atoms with van der Waals surface area (Å²) >= 11 is -2.40. The van der Waals surface area contributed by atoms with Crippen LogP contribution >= 0.6 is 0 Å². The largest absolute Gasteiger partial charge is 0.772 e. The Labute approximate surface area is 236 Å². The number of halogens is 1. The van der Waals surface area contributed by atoms with Crippen molar-refractivity contribution in [2.75, 3.05) is 19.7 Å². The van der Waals surface area contributed by atoms with E-state index >= 15 is 4.39 Å². The highest BCUT2D eigenvalue weighted by molar-refractivity contribution is 7.78. The van der Waals surface area contributed by atoms with Gasteiger partial charge in [-0.15, -0.1) is 0 Å². The lowest BCUT2D eigenvalue weighted by Gasteiger charge is -2.32. The summed E-state index contributed by atoms with van der Waals surface area (Å²) in [5, 5.41) is 20.4. The Kier molecular flexibility index (Phi) is 8.16. The predicted octanol–water partition coefficient (Wildman–Crippen LogP) is 5.79. The molecule has 4 atom stereocenters. The van der Waals surface area contributed by atoms with Crippen LogP contribution in [0.4, 0.5) is 4.39 Å². The van der Waals surface area contributed by atoms with E-state index in [1.807, 2.05) is 24.3 Å². The number of likely N-dealkylation sites (tertiary alicyclic amines) is 1. The molecule has 0 saturated carbocycles. The van der Waals surface area contributed by atoms with E-state index in [2.05, 4.69) is 18.7 Å². The van der Waals surface area contributed by atoms with Crippen LogP contribution in [0.2, 0.25) is 0 Å². The van der Waals surface area contributed by atoms with Crippen molar-refractivity contribution in [3.63, 3.8) is 0 Å². The minimum absolute atomic E-state index is 0.0677. The van der Waals surface area contributed by atoms with Crippen LogP contribution in [0.5, 0.6) is 23.0 Å². The summed E-state index contributed by atoms with van der Waals surface area (Å²) < 4.78 is 50.8. The zero-order valence-corrected chi connectivity index (χ0v) is 23.5. The Morgan fingerprint density at radius 3 is 2.60 bits per heavy atom. The summed E-state index contributed by atoms with van der Waals surface area (Å²) in [5.74, 6) is -0.0505. The number of phenolic OH excluding ortho intramolecular Hbond substituents is 2. The van der Waals surface area contributed by atoms with Crippen LogP contribution in [0.25, 0.3) is 11.1 Å². The Balaban J connectivity index is 1.50. The second kappa shape index (κ2) is 11.6. The molecular weight excluding hydrogens is 533 g/mol. The van der Waals surface area contributed by atoms with Gasteiger partial charge >= 0.3 is 0 Å². The molecule has 3 aromatic rings. The second-order valence-corrected chi connectivity index (χ2v) is 11.6. The third kappa shape index (κ3) is 5.73. The fraction of sp³-hybridized carbons (Fsp3) is 0.355. The summed E-state index contributed by atoms with van der Waals surface area (Å²) in [6.45, 7) is 8.85. The van der Waals surface area contributed by atoms with Gasteiger partial charge in [0.2, 0.25) is 0 Å². The van der Waals surface area contributed by atoms with Crippen LogP contribution in [0.3, 0.4) is 0 Å². The van der Waals surface area contributed by atoms with Crippen LogP contribution < -0.4 is 9.47 Å². The Bertz CT molecular complexity index is 1460. The molecule has 0 spiro atoms. The number of phenols is 2. The molecule has 0 bridgehead atoms. The Morgan fingerprint density at radius 2 is 1.93 bits per heavy atom. The van der Waals surface area contributed by atoms with E-state index in [4.69, 9.17) is 9.47 Å².